The molecule has 4 rings (SSSR count). The molecular formula is C22H24N4O2S. The van der Waals surface area contributed by atoms with Crippen LogP contribution in [0.1, 0.15) is 22.6 Å². The predicted molar refractivity (Wildman–Crippen MR) is 114 cm³/mol. The van der Waals surface area contributed by atoms with Crippen molar-refractivity contribution in [2.24, 2.45) is 0 Å². The highest BCUT2D eigenvalue weighted by Crippen LogP contribution is 2.21. The summed E-state index contributed by atoms with van der Waals surface area (Å²) in [6.45, 7) is 7.72. The number of thiophene rings is 1. The van der Waals surface area contributed by atoms with Crippen molar-refractivity contribution in [3.8, 4) is 10.7 Å². The molecule has 1 fully saturated rings. The number of hydrogen-bond donors (Lipinski definition) is 0. The molecule has 0 aliphatic carbocycles. The lowest BCUT2D eigenvalue weighted by atomic mass is 10.1. The van der Waals surface area contributed by atoms with Crippen molar-refractivity contribution in [1.29, 1.82) is 0 Å². The summed E-state index contributed by atoms with van der Waals surface area (Å²) in [5.41, 5.74) is 3.49. The van der Waals surface area contributed by atoms with E-state index in [-0.39, 0.29) is 5.91 Å². The van der Waals surface area contributed by atoms with Crippen LogP contribution in [0.4, 0.5) is 0 Å². The van der Waals surface area contributed by atoms with E-state index in [9.17, 15) is 4.79 Å². The molecule has 3 heterocycles. The van der Waals surface area contributed by atoms with E-state index in [1.165, 1.54) is 11.1 Å². The molecule has 150 valence electrons. The molecule has 0 atom stereocenters. The number of aromatic nitrogens is 2. The highest BCUT2D eigenvalue weighted by molar-refractivity contribution is 7.13. The second-order valence-corrected chi connectivity index (χ2v) is 8.23. The van der Waals surface area contributed by atoms with Crippen LogP contribution in [0.2, 0.25) is 0 Å². The Labute approximate surface area is 174 Å². The molecule has 0 saturated carbocycles. The van der Waals surface area contributed by atoms with Crippen LogP contribution in [-0.4, -0.2) is 52.0 Å². The number of rotatable bonds is 5. The van der Waals surface area contributed by atoms with Gasteiger partial charge in [-0.05, 0) is 42.5 Å². The van der Waals surface area contributed by atoms with Gasteiger partial charge in [-0.3, -0.25) is 9.69 Å². The summed E-state index contributed by atoms with van der Waals surface area (Å²) >= 11 is 1.59. The highest BCUT2D eigenvalue weighted by atomic mass is 32.1. The fraction of sp³-hybridized carbons (Fsp3) is 0.318. The Morgan fingerprint density at radius 3 is 2.76 bits per heavy atom. The smallest absolute Gasteiger partial charge is 0.246 e. The third kappa shape index (κ3) is 4.81. The van der Waals surface area contributed by atoms with Crippen molar-refractivity contribution in [2.75, 3.05) is 26.2 Å². The first-order valence-corrected chi connectivity index (χ1v) is 10.6. The van der Waals surface area contributed by atoms with Gasteiger partial charge in [-0.15, -0.1) is 11.3 Å². The lowest BCUT2D eigenvalue weighted by Crippen LogP contribution is -2.47. The molecule has 0 bridgehead atoms. The number of carbonyl (C=O) groups excluding carboxylic acids is 1. The van der Waals surface area contributed by atoms with Crippen molar-refractivity contribution in [2.45, 2.75) is 20.4 Å². The average Bonchev–Trinajstić information content (AvgIpc) is 3.39. The first kappa shape index (κ1) is 19.5. The van der Waals surface area contributed by atoms with E-state index in [0.717, 1.165) is 23.5 Å². The molecule has 1 aliphatic rings. The summed E-state index contributed by atoms with van der Waals surface area (Å²) < 4.78 is 5.38. The largest absolute Gasteiger partial charge is 0.338 e. The van der Waals surface area contributed by atoms with Gasteiger partial charge in [0.25, 0.3) is 0 Å². The van der Waals surface area contributed by atoms with Crippen LogP contribution in [0.15, 0.2) is 46.3 Å². The SMILES string of the molecule is Cc1ccc(/C=C/C(=O)N2CCN(Cc3nc(-c4cccs4)no3)CC2)c(C)c1. The molecule has 6 nitrogen and oxygen atoms in total. The average molecular weight is 409 g/mol. The van der Waals surface area contributed by atoms with Gasteiger partial charge in [0, 0.05) is 32.3 Å². The Hall–Kier alpha value is -2.77. The summed E-state index contributed by atoms with van der Waals surface area (Å²) in [5, 5.41) is 6.05. The van der Waals surface area contributed by atoms with Gasteiger partial charge in [-0.25, -0.2) is 0 Å². The predicted octanol–water partition coefficient (Wildman–Crippen LogP) is 3.77. The maximum Gasteiger partial charge on any atom is 0.246 e. The molecule has 1 saturated heterocycles. The zero-order chi connectivity index (χ0) is 20.2. The molecule has 3 aromatic rings. The Morgan fingerprint density at radius 2 is 2.03 bits per heavy atom. The van der Waals surface area contributed by atoms with Crippen LogP contribution in [0, 0.1) is 13.8 Å². The van der Waals surface area contributed by atoms with Crippen molar-refractivity contribution >= 4 is 23.3 Å². The van der Waals surface area contributed by atoms with E-state index in [2.05, 4.69) is 47.1 Å². The molecule has 7 heteroatoms. The van der Waals surface area contributed by atoms with Crippen molar-refractivity contribution < 1.29 is 9.32 Å². The summed E-state index contributed by atoms with van der Waals surface area (Å²) in [5.74, 6) is 1.31. The second kappa shape index (κ2) is 8.71. The maximum absolute atomic E-state index is 12.5. The van der Waals surface area contributed by atoms with Crippen LogP contribution < -0.4 is 0 Å². The van der Waals surface area contributed by atoms with Crippen LogP contribution in [-0.2, 0) is 11.3 Å². The van der Waals surface area contributed by atoms with Crippen LogP contribution in [0.3, 0.4) is 0 Å². The van der Waals surface area contributed by atoms with E-state index in [1.807, 2.05) is 28.5 Å². The highest BCUT2D eigenvalue weighted by Gasteiger charge is 2.21. The van der Waals surface area contributed by atoms with Crippen molar-refractivity contribution in [3.05, 3.63) is 64.4 Å². The molecule has 2 aromatic heterocycles. The van der Waals surface area contributed by atoms with Crippen LogP contribution >= 0.6 is 11.3 Å². The zero-order valence-electron chi connectivity index (χ0n) is 16.7. The number of amides is 1. The van der Waals surface area contributed by atoms with Gasteiger partial charge in [-0.2, -0.15) is 4.98 Å². The van der Waals surface area contributed by atoms with E-state index >= 15 is 0 Å². The first-order valence-electron chi connectivity index (χ1n) is 9.71. The number of nitrogens with zero attached hydrogens (tertiary/aromatic N) is 4. The second-order valence-electron chi connectivity index (χ2n) is 7.28. The van der Waals surface area contributed by atoms with Crippen molar-refractivity contribution in [1.82, 2.24) is 19.9 Å². The number of benzene rings is 1. The normalized spacial score (nSPS) is 15.3. The molecule has 29 heavy (non-hydrogen) atoms. The molecule has 1 aromatic carbocycles. The topological polar surface area (TPSA) is 62.5 Å². The number of hydrogen-bond acceptors (Lipinski definition) is 6. The molecule has 0 radical (unpaired) electrons. The van der Waals surface area contributed by atoms with Gasteiger partial charge >= 0.3 is 0 Å². The van der Waals surface area contributed by atoms with Gasteiger partial charge in [-0.1, -0.05) is 35.0 Å². The maximum atomic E-state index is 12.5. The zero-order valence-corrected chi connectivity index (χ0v) is 17.5. The minimum atomic E-state index is 0.0578. The molecule has 1 aliphatic heterocycles. The van der Waals surface area contributed by atoms with Gasteiger partial charge in [0.15, 0.2) is 0 Å². The molecule has 1 amide bonds. The Kier molecular flexibility index (Phi) is 5.87. The monoisotopic (exact) mass is 408 g/mol. The Morgan fingerprint density at radius 1 is 1.21 bits per heavy atom. The number of carbonyl (C=O) groups is 1. The quantitative estimate of drug-likeness (QED) is 0.602. The van der Waals surface area contributed by atoms with Crippen LogP contribution in [0.5, 0.6) is 0 Å². The minimum Gasteiger partial charge on any atom is -0.338 e. The molecule has 0 N–H and O–H groups in total. The summed E-state index contributed by atoms with van der Waals surface area (Å²) in [7, 11) is 0. The minimum absolute atomic E-state index is 0.0578. The summed E-state index contributed by atoms with van der Waals surface area (Å²) in [6, 6.07) is 10.2. The van der Waals surface area contributed by atoms with E-state index in [1.54, 1.807) is 17.4 Å². The lowest BCUT2D eigenvalue weighted by Gasteiger charge is -2.33. The van der Waals surface area contributed by atoms with Crippen molar-refractivity contribution in [3.63, 3.8) is 0 Å². The van der Waals surface area contributed by atoms with Gasteiger partial charge in [0.2, 0.25) is 17.6 Å². The van der Waals surface area contributed by atoms with E-state index < -0.39 is 0 Å². The molecule has 0 unspecified atom stereocenters. The fourth-order valence-corrected chi connectivity index (χ4v) is 4.07. The Balaban J connectivity index is 1.29. The van der Waals surface area contributed by atoms with Crippen LogP contribution in [0.25, 0.3) is 16.8 Å². The van der Waals surface area contributed by atoms with Gasteiger partial charge < -0.3 is 9.42 Å². The van der Waals surface area contributed by atoms with Gasteiger partial charge in [0.05, 0.1) is 11.4 Å². The van der Waals surface area contributed by atoms with E-state index in [0.29, 0.717) is 31.3 Å². The molecule has 0 spiro atoms. The standard InChI is InChI=1S/C22H24N4O2S/c1-16-5-6-18(17(2)14-16)7-8-21(27)26-11-9-25(10-12-26)15-20-23-22(24-28-20)19-4-3-13-29-19/h3-8,13-14H,9-12,15H2,1-2H3/b8-7+. The first-order chi connectivity index (χ1) is 14.1. The van der Waals surface area contributed by atoms with E-state index in [4.69, 9.17) is 4.52 Å². The summed E-state index contributed by atoms with van der Waals surface area (Å²) in [6.07, 6.45) is 3.59. The number of piperazine rings is 1. The third-order valence-electron chi connectivity index (χ3n) is 5.08. The number of aryl methyl sites for hydroxylation is 2. The third-order valence-corrected chi connectivity index (χ3v) is 5.95. The summed E-state index contributed by atoms with van der Waals surface area (Å²) in [4.78, 5) is 22.1. The lowest BCUT2D eigenvalue weighted by molar-refractivity contribution is -0.127. The molecular weight excluding hydrogens is 384 g/mol. The fourth-order valence-electron chi connectivity index (χ4n) is 3.42. The van der Waals surface area contributed by atoms with Gasteiger partial charge in [0.1, 0.15) is 0 Å². The Bertz CT molecular complexity index is 1000.